The van der Waals surface area contributed by atoms with E-state index in [-0.39, 0.29) is 12.0 Å². The zero-order chi connectivity index (χ0) is 13.5. The number of amides is 1. The summed E-state index contributed by atoms with van der Waals surface area (Å²) >= 11 is 1.90. The lowest BCUT2D eigenvalue weighted by Crippen LogP contribution is -2.26. The summed E-state index contributed by atoms with van der Waals surface area (Å²) in [5, 5.41) is 11.0. The fourth-order valence-electron chi connectivity index (χ4n) is 1.41. The van der Waals surface area contributed by atoms with Crippen molar-refractivity contribution in [3.05, 3.63) is 33.1 Å². The highest BCUT2D eigenvalue weighted by Crippen LogP contribution is 2.15. The molecule has 1 aromatic carbocycles. The Morgan fingerprint density at radius 2 is 2.06 bits per heavy atom. The van der Waals surface area contributed by atoms with Crippen LogP contribution in [0.25, 0.3) is 0 Å². The van der Waals surface area contributed by atoms with Gasteiger partial charge in [-0.2, -0.15) is 0 Å². The van der Waals surface area contributed by atoms with E-state index in [9.17, 15) is 14.0 Å². The van der Waals surface area contributed by atoms with Crippen LogP contribution < -0.4 is 5.32 Å². The van der Waals surface area contributed by atoms with Crippen LogP contribution in [0.4, 0.5) is 4.39 Å². The molecule has 1 rings (SSSR count). The van der Waals surface area contributed by atoms with Crippen LogP contribution in [0.3, 0.4) is 0 Å². The second-order valence-corrected chi connectivity index (χ2v) is 4.87. The Morgan fingerprint density at radius 1 is 1.33 bits per heavy atom. The van der Waals surface area contributed by atoms with E-state index in [0.29, 0.717) is 23.0 Å². The molecule has 98 valence electrons. The van der Waals surface area contributed by atoms with Crippen molar-refractivity contribution in [3.63, 3.8) is 0 Å². The zero-order valence-electron chi connectivity index (χ0n) is 9.58. The number of carbonyl (C=O) groups is 2. The molecule has 0 aliphatic carbocycles. The lowest BCUT2D eigenvalue weighted by atomic mass is 10.2. The number of carbonyl (C=O) groups excluding carboxylic acids is 1. The normalized spacial score (nSPS) is 10.1. The molecular formula is C12H13FINO3. The van der Waals surface area contributed by atoms with Gasteiger partial charge in [0.1, 0.15) is 5.82 Å². The van der Waals surface area contributed by atoms with E-state index >= 15 is 0 Å². The number of carboxylic acid groups (broad SMARTS) is 1. The van der Waals surface area contributed by atoms with Gasteiger partial charge in [0.2, 0.25) is 0 Å². The van der Waals surface area contributed by atoms with Crippen molar-refractivity contribution in [2.75, 3.05) is 6.54 Å². The van der Waals surface area contributed by atoms with E-state index in [0.717, 1.165) is 0 Å². The van der Waals surface area contributed by atoms with Crippen LogP contribution in [-0.2, 0) is 4.79 Å². The third-order valence-electron chi connectivity index (χ3n) is 2.29. The molecule has 4 nitrogen and oxygen atoms in total. The number of rotatable bonds is 6. The quantitative estimate of drug-likeness (QED) is 0.601. The molecule has 0 aromatic heterocycles. The maximum absolute atomic E-state index is 13.4. The van der Waals surface area contributed by atoms with Gasteiger partial charge in [-0.15, -0.1) is 0 Å². The molecule has 0 aliphatic heterocycles. The van der Waals surface area contributed by atoms with Crippen molar-refractivity contribution >= 4 is 34.5 Å². The van der Waals surface area contributed by atoms with E-state index in [1.54, 1.807) is 12.1 Å². The molecule has 0 saturated heterocycles. The number of unbranched alkanes of at least 4 members (excludes halogenated alkanes) is 1. The number of halogens is 2. The van der Waals surface area contributed by atoms with Gasteiger partial charge in [-0.25, -0.2) is 4.39 Å². The summed E-state index contributed by atoms with van der Waals surface area (Å²) in [6, 6.07) is 4.44. The second kappa shape index (κ2) is 7.30. The minimum absolute atomic E-state index is 0.0383. The molecule has 18 heavy (non-hydrogen) atoms. The Balaban J connectivity index is 2.44. The zero-order valence-corrected chi connectivity index (χ0v) is 11.7. The van der Waals surface area contributed by atoms with Crippen molar-refractivity contribution in [3.8, 4) is 0 Å². The number of hydrogen-bond donors (Lipinski definition) is 2. The topological polar surface area (TPSA) is 66.4 Å². The van der Waals surface area contributed by atoms with Crippen LogP contribution in [0.1, 0.15) is 29.6 Å². The fraction of sp³-hybridized carbons (Fsp3) is 0.333. The van der Waals surface area contributed by atoms with Crippen LogP contribution in [0.5, 0.6) is 0 Å². The van der Waals surface area contributed by atoms with Crippen molar-refractivity contribution in [1.82, 2.24) is 5.32 Å². The SMILES string of the molecule is O=C(O)CCCCNC(=O)c1c(F)cccc1I. The van der Waals surface area contributed by atoms with Crippen molar-refractivity contribution in [1.29, 1.82) is 0 Å². The molecule has 0 aliphatic rings. The van der Waals surface area contributed by atoms with Gasteiger partial charge < -0.3 is 10.4 Å². The average molecular weight is 365 g/mol. The van der Waals surface area contributed by atoms with Crippen LogP contribution in [0.15, 0.2) is 18.2 Å². The highest BCUT2D eigenvalue weighted by Gasteiger charge is 2.14. The van der Waals surface area contributed by atoms with Gasteiger partial charge in [0, 0.05) is 16.5 Å². The van der Waals surface area contributed by atoms with E-state index in [1.807, 2.05) is 22.6 Å². The third kappa shape index (κ3) is 4.59. The standard InChI is InChI=1S/C12H13FINO3/c13-8-4-3-5-9(14)11(8)12(18)15-7-2-1-6-10(16)17/h3-5H,1-2,6-7H2,(H,15,18)(H,16,17). The predicted molar refractivity (Wildman–Crippen MR) is 72.9 cm³/mol. The largest absolute Gasteiger partial charge is 0.481 e. The molecular weight excluding hydrogens is 352 g/mol. The van der Waals surface area contributed by atoms with Gasteiger partial charge in [0.25, 0.3) is 5.91 Å². The fourth-order valence-corrected chi connectivity index (χ4v) is 2.12. The molecule has 0 saturated carbocycles. The van der Waals surface area contributed by atoms with Gasteiger partial charge >= 0.3 is 5.97 Å². The number of hydrogen-bond acceptors (Lipinski definition) is 2. The molecule has 1 aromatic rings. The number of nitrogens with one attached hydrogen (secondary N) is 1. The Bertz CT molecular complexity index is 431. The van der Waals surface area contributed by atoms with Crippen LogP contribution >= 0.6 is 22.6 Å². The van der Waals surface area contributed by atoms with Gasteiger partial charge in [0.15, 0.2) is 0 Å². The third-order valence-corrected chi connectivity index (χ3v) is 3.19. The van der Waals surface area contributed by atoms with Gasteiger partial charge in [-0.1, -0.05) is 6.07 Å². The van der Waals surface area contributed by atoms with Gasteiger partial charge in [-0.3, -0.25) is 9.59 Å². The summed E-state index contributed by atoms with van der Waals surface area (Å²) in [7, 11) is 0. The molecule has 0 fully saturated rings. The summed E-state index contributed by atoms with van der Waals surface area (Å²) in [5.74, 6) is -1.87. The summed E-state index contributed by atoms with van der Waals surface area (Å²) in [6.45, 7) is 0.344. The summed E-state index contributed by atoms with van der Waals surface area (Å²) in [4.78, 5) is 22.0. The lowest BCUT2D eigenvalue weighted by molar-refractivity contribution is -0.137. The van der Waals surface area contributed by atoms with E-state index in [2.05, 4.69) is 5.32 Å². The summed E-state index contributed by atoms with van der Waals surface area (Å²) in [5.41, 5.74) is 0.0383. The Morgan fingerprint density at radius 3 is 2.67 bits per heavy atom. The highest BCUT2D eigenvalue weighted by atomic mass is 127. The molecule has 0 heterocycles. The monoisotopic (exact) mass is 365 g/mol. The Labute approximate surface area is 118 Å². The Kier molecular flexibility index (Phi) is 6.03. The first-order valence-electron chi connectivity index (χ1n) is 5.46. The number of aliphatic carboxylic acids is 1. The maximum atomic E-state index is 13.4. The van der Waals surface area contributed by atoms with E-state index in [1.165, 1.54) is 6.07 Å². The minimum atomic E-state index is -0.857. The summed E-state index contributed by atoms with van der Waals surface area (Å²) < 4.78 is 14.0. The van der Waals surface area contributed by atoms with E-state index in [4.69, 9.17) is 5.11 Å². The molecule has 0 atom stereocenters. The van der Waals surface area contributed by atoms with Crippen LogP contribution in [-0.4, -0.2) is 23.5 Å². The first-order valence-corrected chi connectivity index (χ1v) is 6.54. The van der Waals surface area contributed by atoms with Crippen LogP contribution in [0, 0.1) is 9.39 Å². The maximum Gasteiger partial charge on any atom is 0.303 e. The minimum Gasteiger partial charge on any atom is -0.481 e. The predicted octanol–water partition coefficient (Wildman–Crippen LogP) is 2.42. The van der Waals surface area contributed by atoms with Crippen molar-refractivity contribution in [2.24, 2.45) is 0 Å². The Hall–Kier alpha value is -1.18. The summed E-state index contributed by atoms with van der Waals surface area (Å²) in [6.07, 6.45) is 1.13. The van der Waals surface area contributed by atoms with Crippen molar-refractivity contribution < 1.29 is 19.1 Å². The number of benzene rings is 1. The van der Waals surface area contributed by atoms with Crippen LogP contribution in [0.2, 0.25) is 0 Å². The average Bonchev–Trinajstić information content (AvgIpc) is 2.27. The number of carboxylic acids is 1. The molecule has 0 bridgehead atoms. The molecule has 6 heteroatoms. The lowest BCUT2D eigenvalue weighted by Gasteiger charge is -2.07. The first-order chi connectivity index (χ1) is 8.52. The molecule has 1 amide bonds. The molecule has 0 spiro atoms. The smallest absolute Gasteiger partial charge is 0.303 e. The molecule has 2 N–H and O–H groups in total. The van der Waals surface area contributed by atoms with E-state index < -0.39 is 17.7 Å². The second-order valence-electron chi connectivity index (χ2n) is 3.70. The molecule has 0 unspecified atom stereocenters. The first kappa shape index (κ1) is 14.9. The van der Waals surface area contributed by atoms with Crippen molar-refractivity contribution in [2.45, 2.75) is 19.3 Å². The van der Waals surface area contributed by atoms with Gasteiger partial charge in [-0.05, 0) is 47.6 Å². The highest BCUT2D eigenvalue weighted by molar-refractivity contribution is 14.1. The molecule has 0 radical (unpaired) electrons. The van der Waals surface area contributed by atoms with Gasteiger partial charge in [0.05, 0.1) is 5.56 Å².